The van der Waals surface area contributed by atoms with Crippen molar-refractivity contribution < 1.29 is 15.0 Å². The first-order valence-electron chi connectivity index (χ1n) is 6.64. The number of piperidine rings is 1. The highest BCUT2D eigenvalue weighted by Crippen LogP contribution is 2.23. The molecule has 2 rings (SSSR count). The average Bonchev–Trinajstić information content (AvgIpc) is 2.41. The van der Waals surface area contributed by atoms with Crippen LogP contribution >= 0.6 is 0 Å². The number of aliphatic hydroxyl groups is 2. The van der Waals surface area contributed by atoms with E-state index in [0.717, 1.165) is 5.82 Å². The summed E-state index contributed by atoms with van der Waals surface area (Å²) in [4.78, 5) is 19.9. The first-order valence-corrected chi connectivity index (χ1v) is 6.64. The Morgan fingerprint density at radius 1 is 1.50 bits per heavy atom. The highest BCUT2D eigenvalue weighted by molar-refractivity contribution is 5.94. The van der Waals surface area contributed by atoms with Crippen LogP contribution in [0.2, 0.25) is 0 Å². The van der Waals surface area contributed by atoms with Crippen molar-refractivity contribution in [3.8, 4) is 0 Å². The van der Waals surface area contributed by atoms with Crippen LogP contribution in [0.3, 0.4) is 0 Å². The van der Waals surface area contributed by atoms with Crippen LogP contribution in [-0.2, 0) is 0 Å². The molecule has 1 amide bonds. The lowest BCUT2D eigenvalue weighted by Crippen LogP contribution is -2.55. The Balaban J connectivity index is 2.08. The molecule has 1 aliphatic rings. The predicted molar refractivity (Wildman–Crippen MR) is 75.7 cm³/mol. The topological polar surface area (TPSA) is 76.9 Å². The van der Waals surface area contributed by atoms with Crippen molar-refractivity contribution in [2.75, 3.05) is 32.1 Å². The van der Waals surface area contributed by atoms with Gasteiger partial charge in [-0.05, 0) is 25.5 Å². The van der Waals surface area contributed by atoms with Crippen LogP contribution in [-0.4, -0.2) is 64.9 Å². The van der Waals surface area contributed by atoms with E-state index in [1.54, 1.807) is 24.0 Å². The van der Waals surface area contributed by atoms with E-state index in [2.05, 4.69) is 4.98 Å². The summed E-state index contributed by atoms with van der Waals surface area (Å²) in [7, 11) is 3.76. The molecule has 0 bridgehead atoms. The molecule has 0 radical (unpaired) electrons. The molecule has 1 fully saturated rings. The summed E-state index contributed by atoms with van der Waals surface area (Å²) in [6.07, 6.45) is 0.981. The van der Waals surface area contributed by atoms with Gasteiger partial charge in [-0.2, -0.15) is 0 Å². The van der Waals surface area contributed by atoms with Gasteiger partial charge in [0.25, 0.3) is 5.91 Å². The molecule has 1 aromatic heterocycles. The number of aliphatic hydroxyl groups excluding tert-OH is 1. The normalized spacial score (nSPS) is 26.4. The Morgan fingerprint density at radius 2 is 2.20 bits per heavy atom. The van der Waals surface area contributed by atoms with E-state index >= 15 is 0 Å². The minimum Gasteiger partial charge on any atom is -0.388 e. The van der Waals surface area contributed by atoms with Crippen LogP contribution < -0.4 is 4.90 Å². The fourth-order valence-corrected chi connectivity index (χ4v) is 2.17. The minimum absolute atomic E-state index is 0.140. The third kappa shape index (κ3) is 2.91. The smallest absolute Gasteiger partial charge is 0.255 e. The van der Waals surface area contributed by atoms with Gasteiger partial charge in [0.15, 0.2) is 0 Å². The highest BCUT2D eigenvalue weighted by Gasteiger charge is 2.38. The van der Waals surface area contributed by atoms with Crippen LogP contribution in [0, 0.1) is 0 Å². The molecule has 2 atom stereocenters. The van der Waals surface area contributed by atoms with E-state index in [0.29, 0.717) is 18.5 Å². The Kier molecular flexibility index (Phi) is 3.96. The summed E-state index contributed by atoms with van der Waals surface area (Å²) in [5.74, 6) is 0.612. The maximum absolute atomic E-state index is 12.3. The van der Waals surface area contributed by atoms with Gasteiger partial charge in [-0.1, -0.05) is 0 Å². The van der Waals surface area contributed by atoms with Crippen molar-refractivity contribution in [3.05, 3.63) is 23.9 Å². The first-order chi connectivity index (χ1) is 9.31. The summed E-state index contributed by atoms with van der Waals surface area (Å²) in [6.45, 7) is 2.16. The molecular formula is C14H21N3O3. The number of pyridine rings is 1. The van der Waals surface area contributed by atoms with E-state index in [1.807, 2.05) is 19.0 Å². The Bertz CT molecular complexity index is 485. The second-order valence-electron chi connectivity index (χ2n) is 5.67. The molecule has 0 aliphatic carbocycles. The maximum Gasteiger partial charge on any atom is 0.255 e. The molecule has 1 saturated heterocycles. The zero-order valence-corrected chi connectivity index (χ0v) is 12.1. The molecule has 1 aliphatic heterocycles. The summed E-state index contributed by atoms with van der Waals surface area (Å²) in [5.41, 5.74) is -0.631. The molecule has 0 aromatic carbocycles. The van der Waals surface area contributed by atoms with Crippen molar-refractivity contribution in [2.24, 2.45) is 0 Å². The number of aromatic nitrogens is 1. The van der Waals surface area contributed by atoms with E-state index < -0.39 is 11.7 Å². The number of rotatable bonds is 2. The fraction of sp³-hybridized carbons (Fsp3) is 0.571. The summed E-state index contributed by atoms with van der Waals surface area (Å²) >= 11 is 0. The molecule has 1 aromatic rings. The monoisotopic (exact) mass is 279 g/mol. The number of hydrogen-bond donors (Lipinski definition) is 2. The number of nitrogens with zero attached hydrogens (tertiary/aromatic N) is 3. The van der Waals surface area contributed by atoms with Crippen molar-refractivity contribution in [3.63, 3.8) is 0 Å². The lowest BCUT2D eigenvalue weighted by Gasteiger charge is -2.39. The first kappa shape index (κ1) is 14.7. The number of carbonyl (C=O) groups excluding carboxylic acids is 1. The van der Waals surface area contributed by atoms with Gasteiger partial charge in [0.05, 0.1) is 17.3 Å². The van der Waals surface area contributed by atoms with Gasteiger partial charge in [-0.25, -0.2) is 4.98 Å². The average molecular weight is 279 g/mol. The van der Waals surface area contributed by atoms with E-state index in [4.69, 9.17) is 0 Å². The molecule has 20 heavy (non-hydrogen) atoms. The largest absolute Gasteiger partial charge is 0.388 e. The van der Waals surface area contributed by atoms with Crippen molar-refractivity contribution >= 4 is 11.7 Å². The number of β-amino-alcohol motifs (C(OH)–C–C–N with tert-alkyl or cyclic N) is 1. The van der Waals surface area contributed by atoms with Crippen molar-refractivity contribution in [2.45, 2.75) is 25.0 Å². The number of anilines is 1. The molecule has 2 N–H and O–H groups in total. The van der Waals surface area contributed by atoms with E-state index in [9.17, 15) is 15.0 Å². The molecule has 6 nitrogen and oxygen atoms in total. The second kappa shape index (κ2) is 5.38. The van der Waals surface area contributed by atoms with Gasteiger partial charge in [0.2, 0.25) is 0 Å². The summed E-state index contributed by atoms with van der Waals surface area (Å²) in [5, 5.41) is 19.8. The molecule has 0 unspecified atom stereocenters. The van der Waals surface area contributed by atoms with Crippen LogP contribution in [0.4, 0.5) is 5.82 Å². The summed E-state index contributed by atoms with van der Waals surface area (Å²) in [6, 6.07) is 3.51. The molecule has 0 spiro atoms. The van der Waals surface area contributed by atoms with Crippen LogP contribution in [0.1, 0.15) is 23.7 Å². The van der Waals surface area contributed by atoms with Crippen molar-refractivity contribution in [1.82, 2.24) is 9.88 Å². The summed E-state index contributed by atoms with van der Waals surface area (Å²) < 4.78 is 0. The maximum atomic E-state index is 12.3. The molecule has 2 heterocycles. The highest BCUT2D eigenvalue weighted by atomic mass is 16.3. The minimum atomic E-state index is -1.12. The Hall–Kier alpha value is -1.66. The standard InChI is InChI=1S/C14H21N3O3/c1-14(20)6-7-17(9-11(14)18)13(19)10-4-5-12(15-8-10)16(2)3/h4-5,8,11,18,20H,6-7,9H2,1-3H3/t11-,14+/m0/s1. The van der Waals surface area contributed by atoms with E-state index in [-0.39, 0.29) is 12.5 Å². The number of carbonyl (C=O) groups is 1. The zero-order valence-electron chi connectivity index (χ0n) is 12.1. The lowest BCUT2D eigenvalue weighted by atomic mass is 9.90. The SMILES string of the molecule is CN(C)c1ccc(C(=O)N2CC[C@@](C)(O)[C@@H](O)C2)cn1. The van der Waals surface area contributed by atoms with Crippen LogP contribution in [0.25, 0.3) is 0 Å². The zero-order chi connectivity index (χ0) is 14.9. The molecule has 6 heteroatoms. The third-order valence-electron chi connectivity index (χ3n) is 3.74. The molecule has 0 saturated carbocycles. The van der Waals surface area contributed by atoms with E-state index in [1.165, 1.54) is 6.20 Å². The van der Waals surface area contributed by atoms with Gasteiger partial charge >= 0.3 is 0 Å². The van der Waals surface area contributed by atoms with Gasteiger partial charge < -0.3 is 20.0 Å². The fourth-order valence-electron chi connectivity index (χ4n) is 2.17. The number of hydrogen-bond acceptors (Lipinski definition) is 5. The lowest BCUT2D eigenvalue weighted by molar-refractivity contribution is -0.0999. The van der Waals surface area contributed by atoms with Gasteiger partial charge in [0, 0.05) is 33.4 Å². The number of likely N-dealkylation sites (tertiary alicyclic amines) is 1. The Labute approximate surface area is 118 Å². The third-order valence-corrected chi connectivity index (χ3v) is 3.74. The quantitative estimate of drug-likeness (QED) is 0.803. The van der Waals surface area contributed by atoms with Crippen LogP contribution in [0.5, 0.6) is 0 Å². The Morgan fingerprint density at radius 3 is 2.70 bits per heavy atom. The molecule has 110 valence electrons. The van der Waals surface area contributed by atoms with Gasteiger partial charge in [0.1, 0.15) is 5.82 Å². The second-order valence-corrected chi connectivity index (χ2v) is 5.67. The van der Waals surface area contributed by atoms with Crippen LogP contribution in [0.15, 0.2) is 18.3 Å². The van der Waals surface area contributed by atoms with Gasteiger partial charge in [-0.15, -0.1) is 0 Å². The van der Waals surface area contributed by atoms with Crippen molar-refractivity contribution in [1.29, 1.82) is 0 Å². The van der Waals surface area contributed by atoms with Gasteiger partial charge in [-0.3, -0.25) is 4.79 Å². The number of amides is 1. The molecular weight excluding hydrogens is 258 g/mol. The predicted octanol–water partition coefficient (Wildman–Crippen LogP) is 0.105.